The van der Waals surface area contributed by atoms with Crippen molar-refractivity contribution in [3.63, 3.8) is 0 Å². The molecule has 1 atom stereocenters. The Morgan fingerprint density at radius 1 is 1.12 bits per heavy atom. The molecule has 0 bridgehead atoms. The Balaban J connectivity index is 1.47. The second-order valence-electron chi connectivity index (χ2n) is 7.18. The van der Waals surface area contributed by atoms with E-state index < -0.39 is 5.82 Å². The molecule has 1 spiro atoms. The highest BCUT2D eigenvalue weighted by Gasteiger charge is 2.46. The zero-order valence-corrected chi connectivity index (χ0v) is 14.9. The maximum absolute atomic E-state index is 13.0. The molecule has 2 aliphatic rings. The van der Waals surface area contributed by atoms with Crippen LogP contribution in [0.4, 0.5) is 16.3 Å². The molecule has 0 amide bonds. The summed E-state index contributed by atoms with van der Waals surface area (Å²) in [6.07, 6.45) is 9.17. The zero-order valence-electron chi connectivity index (χ0n) is 14.9. The molecule has 138 valence electrons. The predicted molar refractivity (Wildman–Crippen MR) is 95.5 cm³/mol. The Morgan fingerprint density at radius 2 is 1.81 bits per heavy atom. The summed E-state index contributed by atoms with van der Waals surface area (Å²) in [5.74, 6) is 0.977. The van der Waals surface area contributed by atoms with Gasteiger partial charge in [-0.1, -0.05) is 0 Å². The molecule has 8 heteroatoms. The Labute approximate surface area is 152 Å². The molecule has 7 nitrogen and oxygen atoms in total. The molecule has 2 aromatic rings. The van der Waals surface area contributed by atoms with Crippen LogP contribution in [0.15, 0.2) is 30.9 Å². The maximum atomic E-state index is 13.0. The maximum Gasteiger partial charge on any atom is 0.225 e. The summed E-state index contributed by atoms with van der Waals surface area (Å²) < 4.78 is 18.5. The molecule has 2 saturated heterocycles. The van der Waals surface area contributed by atoms with Crippen molar-refractivity contribution >= 4 is 11.9 Å². The van der Waals surface area contributed by atoms with E-state index in [1.165, 1.54) is 12.4 Å². The van der Waals surface area contributed by atoms with Gasteiger partial charge < -0.3 is 14.5 Å². The number of nitrogens with zero attached hydrogens (tertiary/aromatic N) is 6. The summed E-state index contributed by atoms with van der Waals surface area (Å²) in [4.78, 5) is 21.5. The number of anilines is 2. The first-order valence-electron chi connectivity index (χ1n) is 8.94. The van der Waals surface area contributed by atoms with Gasteiger partial charge in [-0.3, -0.25) is 0 Å². The number of methoxy groups -OCH3 is 1. The normalized spacial score (nSPS) is 22.2. The quantitative estimate of drug-likeness (QED) is 0.827. The van der Waals surface area contributed by atoms with Gasteiger partial charge in [0.2, 0.25) is 11.9 Å². The van der Waals surface area contributed by atoms with Crippen molar-refractivity contribution in [1.29, 1.82) is 0 Å². The number of piperidine rings is 1. The molecule has 4 heterocycles. The second-order valence-corrected chi connectivity index (χ2v) is 7.18. The number of rotatable bonds is 4. The number of halogens is 1. The summed E-state index contributed by atoms with van der Waals surface area (Å²) in [6.45, 7) is 3.34. The van der Waals surface area contributed by atoms with Crippen molar-refractivity contribution in [2.45, 2.75) is 25.3 Å². The molecule has 0 aliphatic carbocycles. The highest BCUT2D eigenvalue weighted by Crippen LogP contribution is 2.44. The molecule has 1 unspecified atom stereocenters. The smallest absolute Gasteiger partial charge is 0.225 e. The largest absolute Gasteiger partial charge is 0.383 e. The van der Waals surface area contributed by atoms with E-state index in [2.05, 4.69) is 29.7 Å². The van der Waals surface area contributed by atoms with E-state index in [1.54, 1.807) is 19.5 Å². The molecular weight excluding hydrogens is 335 g/mol. The molecule has 0 saturated carbocycles. The van der Waals surface area contributed by atoms with Crippen molar-refractivity contribution in [1.82, 2.24) is 19.9 Å². The van der Waals surface area contributed by atoms with Crippen LogP contribution in [0.1, 0.15) is 19.3 Å². The van der Waals surface area contributed by atoms with Crippen LogP contribution >= 0.6 is 0 Å². The van der Waals surface area contributed by atoms with Crippen molar-refractivity contribution in [3.05, 3.63) is 36.7 Å². The van der Waals surface area contributed by atoms with Crippen molar-refractivity contribution in [2.75, 3.05) is 43.2 Å². The van der Waals surface area contributed by atoms with Gasteiger partial charge in [-0.2, -0.15) is 0 Å². The fourth-order valence-corrected chi connectivity index (χ4v) is 4.19. The Hall–Kier alpha value is -2.35. The summed E-state index contributed by atoms with van der Waals surface area (Å²) in [5.41, 5.74) is 0.221. The van der Waals surface area contributed by atoms with Gasteiger partial charge in [-0.25, -0.2) is 24.3 Å². The minimum atomic E-state index is -0.404. The van der Waals surface area contributed by atoms with E-state index in [4.69, 9.17) is 4.74 Å². The van der Waals surface area contributed by atoms with Crippen LogP contribution in [0.25, 0.3) is 0 Å². The molecule has 2 aliphatic heterocycles. The highest BCUT2D eigenvalue weighted by molar-refractivity contribution is 5.36. The first kappa shape index (κ1) is 17.1. The number of ether oxygens (including phenoxy) is 1. The van der Waals surface area contributed by atoms with Gasteiger partial charge in [0.1, 0.15) is 0 Å². The van der Waals surface area contributed by atoms with Crippen LogP contribution in [0.2, 0.25) is 0 Å². The summed E-state index contributed by atoms with van der Waals surface area (Å²) in [7, 11) is 1.74. The van der Waals surface area contributed by atoms with E-state index in [9.17, 15) is 4.39 Å². The standard InChI is InChI=1S/C18H23FN6O/c1-26-12-15-9-18(13-25(15)17-20-5-2-6-21-17)3-7-24(8-4-18)16-22-10-14(19)11-23-16/h2,5-6,10-11,15H,3-4,7-9,12-13H2,1H3. The lowest BCUT2D eigenvalue weighted by atomic mass is 9.76. The molecule has 0 aromatic carbocycles. The second kappa shape index (κ2) is 7.11. The van der Waals surface area contributed by atoms with Crippen LogP contribution in [0.3, 0.4) is 0 Å². The highest BCUT2D eigenvalue weighted by atomic mass is 19.1. The average Bonchev–Trinajstić information content (AvgIpc) is 3.02. The van der Waals surface area contributed by atoms with Gasteiger partial charge >= 0.3 is 0 Å². The van der Waals surface area contributed by atoms with E-state index in [-0.39, 0.29) is 11.5 Å². The molecule has 26 heavy (non-hydrogen) atoms. The summed E-state index contributed by atoms with van der Waals surface area (Å²) in [5, 5.41) is 0. The van der Waals surface area contributed by atoms with E-state index in [0.29, 0.717) is 12.6 Å². The minimum Gasteiger partial charge on any atom is -0.383 e. The van der Waals surface area contributed by atoms with Crippen LogP contribution < -0.4 is 9.80 Å². The van der Waals surface area contributed by atoms with Crippen molar-refractivity contribution in [3.8, 4) is 0 Å². The van der Waals surface area contributed by atoms with Gasteiger partial charge in [0.05, 0.1) is 25.0 Å². The topological polar surface area (TPSA) is 67.3 Å². The lowest BCUT2D eigenvalue weighted by Gasteiger charge is -2.39. The van der Waals surface area contributed by atoms with Crippen LogP contribution in [-0.4, -0.2) is 59.3 Å². The van der Waals surface area contributed by atoms with Crippen molar-refractivity contribution < 1.29 is 9.13 Å². The lowest BCUT2D eigenvalue weighted by molar-refractivity contribution is 0.166. The van der Waals surface area contributed by atoms with Gasteiger partial charge in [0.25, 0.3) is 0 Å². The molecular formula is C18H23FN6O. The lowest BCUT2D eigenvalue weighted by Crippen LogP contribution is -2.42. The van der Waals surface area contributed by atoms with Gasteiger partial charge in [-0.15, -0.1) is 0 Å². The Bertz CT molecular complexity index is 720. The number of hydrogen-bond acceptors (Lipinski definition) is 7. The molecule has 0 N–H and O–H groups in total. The van der Waals surface area contributed by atoms with Crippen LogP contribution in [0, 0.1) is 11.2 Å². The molecule has 4 rings (SSSR count). The van der Waals surface area contributed by atoms with Crippen LogP contribution in [0.5, 0.6) is 0 Å². The Morgan fingerprint density at radius 3 is 2.46 bits per heavy atom. The fourth-order valence-electron chi connectivity index (χ4n) is 4.19. The number of hydrogen-bond donors (Lipinski definition) is 0. The fraction of sp³-hybridized carbons (Fsp3) is 0.556. The monoisotopic (exact) mass is 358 g/mol. The van der Waals surface area contributed by atoms with Gasteiger partial charge in [0, 0.05) is 39.1 Å². The summed E-state index contributed by atoms with van der Waals surface area (Å²) in [6, 6.07) is 2.12. The van der Waals surface area contributed by atoms with Crippen LogP contribution in [-0.2, 0) is 4.74 Å². The minimum absolute atomic E-state index is 0.221. The third kappa shape index (κ3) is 3.33. The first-order chi connectivity index (χ1) is 12.7. The molecule has 0 radical (unpaired) electrons. The van der Waals surface area contributed by atoms with E-state index in [1.807, 2.05) is 6.07 Å². The first-order valence-corrected chi connectivity index (χ1v) is 8.94. The van der Waals surface area contributed by atoms with Crippen molar-refractivity contribution in [2.24, 2.45) is 5.41 Å². The molecule has 2 aromatic heterocycles. The third-order valence-corrected chi connectivity index (χ3v) is 5.50. The predicted octanol–water partition coefficient (Wildman–Crippen LogP) is 1.92. The molecule has 2 fully saturated rings. The van der Waals surface area contributed by atoms with Gasteiger partial charge in [0.15, 0.2) is 5.82 Å². The zero-order chi connectivity index (χ0) is 18.0. The van der Waals surface area contributed by atoms with E-state index in [0.717, 1.165) is 44.8 Å². The number of aromatic nitrogens is 4. The average molecular weight is 358 g/mol. The SMILES string of the molecule is COCC1CC2(CCN(c3ncc(F)cn3)CC2)CN1c1ncccn1. The van der Waals surface area contributed by atoms with Gasteiger partial charge in [-0.05, 0) is 30.7 Å². The third-order valence-electron chi connectivity index (χ3n) is 5.50. The Kier molecular flexibility index (Phi) is 4.67. The summed E-state index contributed by atoms with van der Waals surface area (Å²) >= 11 is 0. The van der Waals surface area contributed by atoms with E-state index >= 15 is 0 Å².